The molecule has 0 spiro atoms. The molecule has 0 radical (unpaired) electrons. The van der Waals surface area contributed by atoms with Gasteiger partial charge in [0.2, 0.25) is 0 Å². The lowest BCUT2D eigenvalue weighted by molar-refractivity contribution is -0.140. The maximum absolute atomic E-state index is 11.9. The van der Waals surface area contributed by atoms with Crippen molar-refractivity contribution in [3.63, 3.8) is 0 Å². The molecular weight excluding hydrogens is 274 g/mol. The largest absolute Gasteiger partial charge is 0.481 e. The van der Waals surface area contributed by atoms with Gasteiger partial charge in [0.1, 0.15) is 6.04 Å². The fourth-order valence-corrected chi connectivity index (χ4v) is 1.89. The van der Waals surface area contributed by atoms with E-state index in [9.17, 15) is 14.4 Å². The molecule has 6 nitrogen and oxygen atoms in total. The minimum Gasteiger partial charge on any atom is -0.481 e. The molecule has 1 atom stereocenters. The molecule has 1 aromatic carbocycles. The van der Waals surface area contributed by atoms with Crippen LogP contribution in [0, 0.1) is 0 Å². The Hall–Kier alpha value is -2.37. The van der Waals surface area contributed by atoms with Crippen LogP contribution >= 0.6 is 0 Å². The summed E-state index contributed by atoms with van der Waals surface area (Å²) in [5.41, 5.74) is 0.412. The lowest BCUT2D eigenvalue weighted by atomic mass is 10.1. The van der Waals surface area contributed by atoms with E-state index in [1.54, 1.807) is 30.3 Å². The molecule has 6 heteroatoms. The van der Waals surface area contributed by atoms with Crippen LogP contribution in [-0.2, 0) is 9.59 Å². The first kappa shape index (κ1) is 16.7. The van der Waals surface area contributed by atoms with Crippen molar-refractivity contribution >= 4 is 17.8 Å². The zero-order valence-corrected chi connectivity index (χ0v) is 11.6. The fourth-order valence-electron chi connectivity index (χ4n) is 1.89. The summed E-state index contributed by atoms with van der Waals surface area (Å²) in [4.78, 5) is 33.4. The number of hydrogen-bond donors (Lipinski definition) is 3. The average Bonchev–Trinajstić information content (AvgIpc) is 2.45. The molecule has 0 heterocycles. The van der Waals surface area contributed by atoms with Gasteiger partial charge in [0.25, 0.3) is 5.91 Å². The smallest absolute Gasteiger partial charge is 0.326 e. The summed E-state index contributed by atoms with van der Waals surface area (Å²) in [6.45, 7) is 0. The van der Waals surface area contributed by atoms with E-state index in [0.717, 1.165) is 0 Å². The summed E-state index contributed by atoms with van der Waals surface area (Å²) in [6.07, 6.45) is 2.05. The van der Waals surface area contributed by atoms with Gasteiger partial charge in [0, 0.05) is 12.0 Å². The van der Waals surface area contributed by atoms with E-state index in [1.165, 1.54) is 0 Å². The predicted molar refractivity (Wildman–Crippen MR) is 76.1 cm³/mol. The van der Waals surface area contributed by atoms with Crippen LogP contribution in [-0.4, -0.2) is 34.1 Å². The number of aliphatic carboxylic acids is 2. The molecule has 0 fully saturated rings. The topological polar surface area (TPSA) is 104 Å². The Kier molecular flexibility index (Phi) is 6.94. The Morgan fingerprint density at radius 1 is 1.00 bits per heavy atom. The maximum Gasteiger partial charge on any atom is 0.326 e. The van der Waals surface area contributed by atoms with Gasteiger partial charge in [-0.2, -0.15) is 0 Å². The number of carboxylic acids is 2. The van der Waals surface area contributed by atoms with Crippen molar-refractivity contribution < 1.29 is 24.6 Å². The van der Waals surface area contributed by atoms with Gasteiger partial charge in [-0.15, -0.1) is 0 Å². The van der Waals surface area contributed by atoms with Crippen LogP contribution in [0.25, 0.3) is 0 Å². The molecule has 0 saturated carbocycles. The van der Waals surface area contributed by atoms with E-state index < -0.39 is 23.9 Å². The number of carboxylic acid groups (broad SMARTS) is 2. The normalized spacial score (nSPS) is 11.6. The molecule has 1 aromatic rings. The number of hydrogen-bond acceptors (Lipinski definition) is 3. The van der Waals surface area contributed by atoms with E-state index in [2.05, 4.69) is 5.32 Å². The molecule has 0 aliphatic heterocycles. The van der Waals surface area contributed by atoms with Gasteiger partial charge in [-0.25, -0.2) is 4.79 Å². The molecular formula is C15H19NO5. The van der Waals surface area contributed by atoms with Crippen LogP contribution in [0.4, 0.5) is 0 Å². The first-order valence-corrected chi connectivity index (χ1v) is 6.81. The van der Waals surface area contributed by atoms with Crippen molar-refractivity contribution in [2.24, 2.45) is 0 Å². The number of carbonyl (C=O) groups excluding carboxylic acids is 1. The minimum absolute atomic E-state index is 0.0775. The molecule has 0 saturated heterocycles. The van der Waals surface area contributed by atoms with Crippen LogP contribution in [0.15, 0.2) is 30.3 Å². The van der Waals surface area contributed by atoms with Gasteiger partial charge >= 0.3 is 11.9 Å². The molecule has 1 rings (SSSR count). The Labute approximate surface area is 122 Å². The van der Waals surface area contributed by atoms with Crippen molar-refractivity contribution in [1.29, 1.82) is 0 Å². The van der Waals surface area contributed by atoms with Crippen molar-refractivity contribution in [2.75, 3.05) is 0 Å². The lowest BCUT2D eigenvalue weighted by Crippen LogP contribution is -2.40. The van der Waals surface area contributed by atoms with Crippen molar-refractivity contribution in [3.8, 4) is 0 Å². The molecule has 3 N–H and O–H groups in total. The highest BCUT2D eigenvalue weighted by Crippen LogP contribution is 2.07. The number of unbranched alkanes of at least 4 members (excludes halogenated alkanes) is 2. The van der Waals surface area contributed by atoms with Crippen LogP contribution < -0.4 is 5.32 Å². The molecule has 1 unspecified atom stereocenters. The minimum atomic E-state index is -1.09. The monoisotopic (exact) mass is 293 g/mol. The van der Waals surface area contributed by atoms with Crippen molar-refractivity contribution in [3.05, 3.63) is 35.9 Å². The third-order valence-corrected chi connectivity index (χ3v) is 3.02. The number of benzene rings is 1. The van der Waals surface area contributed by atoms with Gasteiger partial charge in [0.05, 0.1) is 0 Å². The highest BCUT2D eigenvalue weighted by Gasteiger charge is 2.19. The van der Waals surface area contributed by atoms with E-state index in [-0.39, 0.29) is 12.8 Å². The third kappa shape index (κ3) is 6.56. The maximum atomic E-state index is 11.9. The standard InChI is InChI=1S/C15H19NO5/c17-13(18)10-6-2-5-9-12(15(20)21)16-14(19)11-7-3-1-4-8-11/h1,3-4,7-8,12H,2,5-6,9-10H2,(H,16,19)(H,17,18)(H,20,21). The summed E-state index contributed by atoms with van der Waals surface area (Å²) >= 11 is 0. The Morgan fingerprint density at radius 2 is 1.67 bits per heavy atom. The van der Waals surface area contributed by atoms with Crippen LogP contribution in [0.1, 0.15) is 42.5 Å². The van der Waals surface area contributed by atoms with Gasteiger partial charge < -0.3 is 15.5 Å². The molecule has 0 aliphatic carbocycles. The summed E-state index contributed by atoms with van der Waals surface area (Å²) in [7, 11) is 0. The number of amides is 1. The van der Waals surface area contributed by atoms with Gasteiger partial charge in [-0.3, -0.25) is 9.59 Å². The average molecular weight is 293 g/mol. The van der Waals surface area contributed by atoms with Crippen molar-refractivity contribution in [2.45, 2.75) is 38.1 Å². The number of carbonyl (C=O) groups is 3. The fraction of sp³-hybridized carbons (Fsp3) is 0.400. The number of rotatable bonds is 9. The molecule has 0 bridgehead atoms. The van der Waals surface area contributed by atoms with E-state index in [4.69, 9.17) is 10.2 Å². The van der Waals surface area contributed by atoms with Gasteiger partial charge in [-0.1, -0.05) is 31.0 Å². The summed E-state index contributed by atoms with van der Waals surface area (Å²) in [6, 6.07) is 7.45. The molecule has 114 valence electrons. The zero-order valence-electron chi connectivity index (χ0n) is 11.6. The second-order valence-electron chi connectivity index (χ2n) is 4.72. The summed E-state index contributed by atoms with van der Waals surface area (Å²) in [5, 5.41) is 20.1. The number of nitrogens with one attached hydrogen (secondary N) is 1. The van der Waals surface area contributed by atoms with Gasteiger partial charge in [0.15, 0.2) is 0 Å². The Bertz CT molecular complexity index is 486. The van der Waals surface area contributed by atoms with E-state index >= 15 is 0 Å². The molecule has 0 aliphatic rings. The van der Waals surface area contributed by atoms with Crippen LogP contribution in [0.5, 0.6) is 0 Å². The highest BCUT2D eigenvalue weighted by molar-refractivity contribution is 5.96. The molecule has 21 heavy (non-hydrogen) atoms. The van der Waals surface area contributed by atoms with E-state index in [0.29, 0.717) is 24.8 Å². The zero-order chi connectivity index (χ0) is 15.7. The summed E-state index contributed by atoms with van der Waals surface area (Å²) in [5.74, 6) is -2.37. The quantitative estimate of drug-likeness (QED) is 0.603. The van der Waals surface area contributed by atoms with Crippen LogP contribution in [0.2, 0.25) is 0 Å². The first-order valence-electron chi connectivity index (χ1n) is 6.81. The SMILES string of the molecule is O=C(O)CCCCCC(NC(=O)c1ccccc1)C(=O)O. The second kappa shape index (κ2) is 8.73. The Balaban J connectivity index is 2.41. The first-order chi connectivity index (χ1) is 10.0. The van der Waals surface area contributed by atoms with Crippen molar-refractivity contribution in [1.82, 2.24) is 5.32 Å². The summed E-state index contributed by atoms with van der Waals surface area (Å²) < 4.78 is 0. The highest BCUT2D eigenvalue weighted by atomic mass is 16.4. The third-order valence-electron chi connectivity index (χ3n) is 3.02. The molecule has 1 amide bonds. The Morgan fingerprint density at radius 3 is 2.24 bits per heavy atom. The van der Waals surface area contributed by atoms with Crippen LogP contribution in [0.3, 0.4) is 0 Å². The van der Waals surface area contributed by atoms with E-state index in [1.807, 2.05) is 0 Å². The lowest BCUT2D eigenvalue weighted by Gasteiger charge is -2.14. The van der Waals surface area contributed by atoms with Gasteiger partial charge in [-0.05, 0) is 25.0 Å². The second-order valence-corrected chi connectivity index (χ2v) is 4.72. The molecule has 0 aromatic heterocycles. The predicted octanol–water partition coefficient (Wildman–Crippen LogP) is 1.90.